The predicted octanol–water partition coefficient (Wildman–Crippen LogP) is 8.61. The molecule has 2 aromatic rings. The molecular formula is C41H56O7. The van der Waals surface area contributed by atoms with Gasteiger partial charge in [-0.15, -0.1) is 0 Å². The average molecular weight is 661 g/mol. The Morgan fingerprint density at radius 2 is 1.33 bits per heavy atom. The van der Waals surface area contributed by atoms with Gasteiger partial charge in [-0.2, -0.15) is 0 Å². The number of rotatable bonds is 24. The summed E-state index contributed by atoms with van der Waals surface area (Å²) in [7, 11) is 0. The lowest BCUT2D eigenvalue weighted by Crippen LogP contribution is -2.27. The van der Waals surface area contributed by atoms with Crippen LogP contribution in [0.1, 0.15) is 88.7 Å². The van der Waals surface area contributed by atoms with Crippen LogP contribution in [0.3, 0.4) is 0 Å². The monoisotopic (exact) mass is 660 g/mol. The minimum absolute atomic E-state index is 0.0683. The molecule has 1 unspecified atom stereocenters. The summed E-state index contributed by atoms with van der Waals surface area (Å²) in [6.07, 6.45) is 17.2. The standard InChI is InChI=1S/C34H42O6.C7H14O/c1-3-14-28(4-2)19-11-22-32(35)38-26-25-31(40-34(37)24-13-21-30-17-9-6-10-18-30)27-39-33(36)23-12-20-29-15-7-5-8-16-29;1-2-3-4-5-6-7-8/h3-10,14-18,31H,1-2,11-13,19-27H2;2-3,8H,4-7H2,1H3/b28-14+;3-2+. The lowest BCUT2D eigenvalue weighted by atomic mass is 10.1. The Morgan fingerprint density at radius 3 is 1.90 bits per heavy atom. The number of esters is 3. The van der Waals surface area contributed by atoms with Gasteiger partial charge in [0.15, 0.2) is 0 Å². The Labute approximate surface area is 288 Å². The van der Waals surface area contributed by atoms with Gasteiger partial charge >= 0.3 is 17.9 Å². The predicted molar refractivity (Wildman–Crippen MR) is 193 cm³/mol. The zero-order chi connectivity index (χ0) is 35.1. The average Bonchev–Trinajstić information content (AvgIpc) is 3.10. The fraction of sp³-hybridized carbons (Fsp3) is 0.439. The highest BCUT2D eigenvalue weighted by Crippen LogP contribution is 2.12. The van der Waals surface area contributed by atoms with Gasteiger partial charge in [0.25, 0.3) is 0 Å². The van der Waals surface area contributed by atoms with Gasteiger partial charge in [-0.05, 0) is 81.4 Å². The number of unbranched alkanes of at least 4 members (excludes halogenated alkanes) is 2. The van der Waals surface area contributed by atoms with Crippen LogP contribution in [0, 0.1) is 0 Å². The van der Waals surface area contributed by atoms with E-state index in [0.29, 0.717) is 32.3 Å². The Morgan fingerprint density at radius 1 is 0.750 bits per heavy atom. The molecule has 0 heterocycles. The second kappa shape index (κ2) is 29.0. The van der Waals surface area contributed by atoms with Gasteiger partial charge < -0.3 is 19.3 Å². The number of hydrogen-bond acceptors (Lipinski definition) is 7. The molecule has 262 valence electrons. The van der Waals surface area contributed by atoms with Crippen molar-refractivity contribution in [2.24, 2.45) is 0 Å². The SMILES string of the molecule is C/C=C/CCCCO.C=C/C=C(\C=C)CCCC(=O)OCCC(COC(=O)CCCc1ccccc1)OC(=O)CCCc1ccccc1. The summed E-state index contributed by atoms with van der Waals surface area (Å²) < 4.78 is 16.4. The van der Waals surface area contributed by atoms with Crippen LogP contribution < -0.4 is 0 Å². The molecule has 0 amide bonds. The van der Waals surface area contributed by atoms with Gasteiger partial charge in [0.1, 0.15) is 12.7 Å². The molecule has 0 aromatic heterocycles. The van der Waals surface area contributed by atoms with Crippen LogP contribution in [0.2, 0.25) is 0 Å². The van der Waals surface area contributed by atoms with Crippen LogP contribution >= 0.6 is 0 Å². The molecule has 0 bridgehead atoms. The van der Waals surface area contributed by atoms with Gasteiger partial charge in [-0.25, -0.2) is 0 Å². The molecule has 48 heavy (non-hydrogen) atoms. The van der Waals surface area contributed by atoms with E-state index in [1.807, 2.05) is 79.7 Å². The summed E-state index contributed by atoms with van der Waals surface area (Å²) >= 11 is 0. The van der Waals surface area contributed by atoms with Crippen LogP contribution in [0.5, 0.6) is 0 Å². The molecule has 1 N–H and O–H groups in total. The van der Waals surface area contributed by atoms with E-state index in [0.717, 1.165) is 48.8 Å². The highest BCUT2D eigenvalue weighted by molar-refractivity contribution is 5.70. The third kappa shape index (κ3) is 23.1. The van der Waals surface area contributed by atoms with Crippen molar-refractivity contribution in [3.05, 3.63) is 121 Å². The maximum absolute atomic E-state index is 12.5. The van der Waals surface area contributed by atoms with Crippen molar-refractivity contribution < 1.29 is 33.7 Å². The minimum atomic E-state index is -0.682. The van der Waals surface area contributed by atoms with E-state index in [1.165, 1.54) is 0 Å². The molecule has 0 aliphatic heterocycles. The maximum atomic E-state index is 12.5. The second-order valence-corrected chi connectivity index (χ2v) is 11.3. The molecule has 0 saturated heterocycles. The van der Waals surface area contributed by atoms with E-state index in [4.69, 9.17) is 19.3 Å². The lowest BCUT2D eigenvalue weighted by molar-refractivity contribution is -0.161. The van der Waals surface area contributed by atoms with Gasteiger partial charge in [-0.1, -0.05) is 104 Å². The highest BCUT2D eigenvalue weighted by atomic mass is 16.6. The first-order chi connectivity index (χ1) is 23.4. The van der Waals surface area contributed by atoms with E-state index in [9.17, 15) is 14.4 Å². The van der Waals surface area contributed by atoms with Crippen molar-refractivity contribution in [1.82, 2.24) is 0 Å². The Balaban J connectivity index is 0.00000127. The number of aliphatic hydroxyl groups is 1. The third-order valence-corrected chi connectivity index (χ3v) is 7.26. The topological polar surface area (TPSA) is 99.1 Å². The summed E-state index contributed by atoms with van der Waals surface area (Å²) in [6.45, 7) is 9.77. The lowest BCUT2D eigenvalue weighted by Gasteiger charge is -2.18. The first-order valence-electron chi connectivity index (χ1n) is 17.2. The fourth-order valence-corrected chi connectivity index (χ4v) is 4.60. The first-order valence-corrected chi connectivity index (χ1v) is 17.2. The Bertz CT molecular complexity index is 1220. The number of aliphatic hydroxyl groups excluding tert-OH is 1. The Hall–Kier alpha value is -4.23. The van der Waals surface area contributed by atoms with Crippen LogP contribution in [0.25, 0.3) is 0 Å². The molecule has 0 spiro atoms. The highest BCUT2D eigenvalue weighted by Gasteiger charge is 2.18. The third-order valence-electron chi connectivity index (χ3n) is 7.26. The molecule has 0 aliphatic carbocycles. The number of allylic oxidation sites excluding steroid dienone is 6. The van der Waals surface area contributed by atoms with Gasteiger partial charge in [0.2, 0.25) is 0 Å². The van der Waals surface area contributed by atoms with Crippen molar-refractivity contribution in [1.29, 1.82) is 0 Å². The van der Waals surface area contributed by atoms with Crippen molar-refractivity contribution in [2.45, 2.75) is 96.5 Å². The first kappa shape index (κ1) is 41.8. The molecule has 0 saturated carbocycles. The summed E-state index contributed by atoms with van der Waals surface area (Å²) in [5.74, 6) is -1.03. The van der Waals surface area contributed by atoms with E-state index in [-0.39, 0.29) is 56.8 Å². The molecule has 1 atom stereocenters. The molecular weight excluding hydrogens is 604 g/mol. The molecule has 2 rings (SSSR count). The zero-order valence-electron chi connectivity index (χ0n) is 28.9. The van der Waals surface area contributed by atoms with Crippen LogP contribution in [-0.2, 0) is 41.4 Å². The fourth-order valence-electron chi connectivity index (χ4n) is 4.60. The van der Waals surface area contributed by atoms with E-state index in [2.05, 4.69) is 19.2 Å². The summed E-state index contributed by atoms with van der Waals surface area (Å²) in [5.41, 5.74) is 3.33. The van der Waals surface area contributed by atoms with Crippen LogP contribution in [0.4, 0.5) is 0 Å². The molecule has 2 aromatic carbocycles. The van der Waals surface area contributed by atoms with Crippen molar-refractivity contribution in [3.63, 3.8) is 0 Å². The number of ether oxygens (including phenoxy) is 3. The van der Waals surface area contributed by atoms with Gasteiger partial charge in [-0.3, -0.25) is 14.4 Å². The smallest absolute Gasteiger partial charge is 0.306 e. The van der Waals surface area contributed by atoms with Crippen molar-refractivity contribution in [3.8, 4) is 0 Å². The van der Waals surface area contributed by atoms with Crippen LogP contribution in [0.15, 0.2) is 110 Å². The second-order valence-electron chi connectivity index (χ2n) is 11.3. The number of carbonyl (C=O) groups excluding carboxylic acids is 3. The molecule has 7 heteroatoms. The number of aryl methyl sites for hydroxylation is 2. The quantitative estimate of drug-likeness (QED) is 0.0396. The summed E-state index contributed by atoms with van der Waals surface area (Å²) in [4.78, 5) is 37.0. The number of hydrogen-bond donors (Lipinski definition) is 1. The van der Waals surface area contributed by atoms with E-state index >= 15 is 0 Å². The maximum Gasteiger partial charge on any atom is 0.306 e. The van der Waals surface area contributed by atoms with Crippen molar-refractivity contribution in [2.75, 3.05) is 19.8 Å². The molecule has 0 fully saturated rings. The Kier molecular flexibility index (Phi) is 25.2. The molecule has 0 aliphatic rings. The zero-order valence-corrected chi connectivity index (χ0v) is 28.9. The summed E-state index contributed by atoms with van der Waals surface area (Å²) in [5, 5.41) is 8.34. The van der Waals surface area contributed by atoms with Gasteiger partial charge in [0, 0.05) is 32.3 Å². The number of carbonyl (C=O) groups is 3. The molecule has 0 radical (unpaired) electrons. The number of benzene rings is 2. The normalized spacial score (nSPS) is 11.6. The summed E-state index contributed by atoms with van der Waals surface area (Å²) in [6, 6.07) is 19.9. The molecule has 7 nitrogen and oxygen atoms in total. The largest absolute Gasteiger partial charge is 0.466 e. The van der Waals surface area contributed by atoms with Gasteiger partial charge in [0.05, 0.1) is 6.61 Å². The minimum Gasteiger partial charge on any atom is -0.466 e. The van der Waals surface area contributed by atoms with Crippen LogP contribution in [-0.4, -0.2) is 48.9 Å². The van der Waals surface area contributed by atoms with E-state index in [1.54, 1.807) is 12.2 Å². The van der Waals surface area contributed by atoms with E-state index < -0.39 is 6.10 Å². The van der Waals surface area contributed by atoms with Crippen molar-refractivity contribution >= 4 is 17.9 Å².